The zero-order chi connectivity index (χ0) is 13.5. The minimum absolute atomic E-state index is 0.114. The van der Waals surface area contributed by atoms with E-state index in [-0.39, 0.29) is 6.04 Å². The molecule has 0 bridgehead atoms. The van der Waals surface area contributed by atoms with Crippen LogP contribution < -0.4 is 10.6 Å². The summed E-state index contributed by atoms with van der Waals surface area (Å²) in [5, 5.41) is 24.2. The summed E-state index contributed by atoms with van der Waals surface area (Å²) in [4.78, 5) is 23.2. The zero-order valence-electron chi connectivity index (χ0n) is 9.92. The van der Waals surface area contributed by atoms with Crippen molar-refractivity contribution in [2.75, 3.05) is 6.61 Å². The van der Waals surface area contributed by atoms with Gasteiger partial charge >= 0.3 is 12.0 Å². The van der Waals surface area contributed by atoms with Gasteiger partial charge in [0.25, 0.3) is 0 Å². The molecule has 6 nitrogen and oxygen atoms in total. The summed E-state index contributed by atoms with van der Waals surface area (Å²) in [7, 11) is 0. The molecule has 2 unspecified atom stereocenters. The van der Waals surface area contributed by atoms with Gasteiger partial charge in [-0.05, 0) is 18.4 Å². The number of carbonyl (C=O) groups is 2. The molecule has 1 rings (SSSR count). The number of aliphatic hydroxyl groups excluding tert-OH is 1. The molecular weight excluding hydrogens is 256 g/mol. The van der Waals surface area contributed by atoms with Crippen LogP contribution in [-0.2, 0) is 11.2 Å². The van der Waals surface area contributed by atoms with Crippen LogP contribution in [-0.4, -0.2) is 40.9 Å². The molecule has 0 aliphatic rings. The van der Waals surface area contributed by atoms with Crippen LogP contribution in [0.2, 0.25) is 0 Å². The van der Waals surface area contributed by atoms with Crippen molar-refractivity contribution < 1.29 is 19.8 Å². The van der Waals surface area contributed by atoms with E-state index in [2.05, 4.69) is 10.6 Å². The maximum absolute atomic E-state index is 11.5. The number of carbonyl (C=O) groups excluding carboxylic acids is 1. The average molecular weight is 272 g/mol. The van der Waals surface area contributed by atoms with Crippen LogP contribution in [0.5, 0.6) is 0 Å². The highest BCUT2D eigenvalue weighted by Gasteiger charge is 2.19. The predicted molar refractivity (Wildman–Crippen MR) is 67.7 cm³/mol. The third kappa shape index (κ3) is 4.72. The highest BCUT2D eigenvalue weighted by atomic mass is 32.1. The summed E-state index contributed by atoms with van der Waals surface area (Å²) in [6.07, 6.45) is 0.682. The van der Waals surface area contributed by atoms with Gasteiger partial charge in [-0.3, -0.25) is 0 Å². The Labute approximate surface area is 109 Å². The van der Waals surface area contributed by atoms with Crippen LogP contribution in [0.15, 0.2) is 17.5 Å². The Hall–Kier alpha value is -1.60. The van der Waals surface area contributed by atoms with Gasteiger partial charge in [0.1, 0.15) is 0 Å². The second kappa shape index (κ2) is 6.97. The molecule has 1 aromatic heterocycles. The van der Waals surface area contributed by atoms with Crippen LogP contribution in [0, 0.1) is 0 Å². The van der Waals surface area contributed by atoms with Gasteiger partial charge in [-0.2, -0.15) is 0 Å². The molecule has 1 heterocycles. The Bertz CT molecular complexity index is 394. The van der Waals surface area contributed by atoms with E-state index < -0.39 is 24.6 Å². The summed E-state index contributed by atoms with van der Waals surface area (Å²) in [5.74, 6) is -1.27. The maximum atomic E-state index is 11.5. The Morgan fingerprint density at radius 2 is 2.17 bits per heavy atom. The summed E-state index contributed by atoms with van der Waals surface area (Å²) in [6.45, 7) is 1.19. The number of amides is 2. The van der Waals surface area contributed by atoms with Crippen LogP contribution >= 0.6 is 11.3 Å². The normalized spacial score (nSPS) is 13.7. The molecule has 1 aromatic rings. The topological polar surface area (TPSA) is 98.7 Å². The number of nitrogens with one attached hydrogen (secondary N) is 2. The standard InChI is InChI=1S/C11H16N2O4S/c1-7(5-8-3-2-4-18-8)12-11(17)13-9(6-14)10(15)16/h2-4,7,9,14H,5-6H2,1H3,(H,15,16)(H2,12,13,17). The average Bonchev–Trinajstić information content (AvgIpc) is 2.77. The number of aliphatic carboxylic acids is 1. The highest BCUT2D eigenvalue weighted by Crippen LogP contribution is 2.10. The molecule has 0 aliphatic heterocycles. The highest BCUT2D eigenvalue weighted by molar-refractivity contribution is 7.09. The van der Waals surface area contributed by atoms with E-state index in [1.165, 1.54) is 0 Å². The van der Waals surface area contributed by atoms with E-state index in [0.29, 0.717) is 6.42 Å². The van der Waals surface area contributed by atoms with Gasteiger partial charge < -0.3 is 20.8 Å². The smallest absolute Gasteiger partial charge is 0.328 e. The van der Waals surface area contributed by atoms with E-state index in [4.69, 9.17) is 10.2 Å². The SMILES string of the molecule is CC(Cc1cccs1)NC(=O)NC(CO)C(=O)O. The number of hydrogen-bond acceptors (Lipinski definition) is 4. The molecule has 2 atom stereocenters. The van der Waals surface area contributed by atoms with E-state index in [1.807, 2.05) is 24.4 Å². The fourth-order valence-electron chi connectivity index (χ4n) is 1.39. The number of carboxylic acid groups (broad SMARTS) is 1. The van der Waals surface area contributed by atoms with Gasteiger partial charge in [-0.25, -0.2) is 9.59 Å². The number of thiophene rings is 1. The minimum atomic E-state index is -1.28. The maximum Gasteiger partial charge on any atom is 0.328 e. The molecule has 2 amide bonds. The lowest BCUT2D eigenvalue weighted by Gasteiger charge is -2.16. The molecule has 0 aliphatic carbocycles. The number of rotatable bonds is 6. The van der Waals surface area contributed by atoms with Gasteiger partial charge in [0.05, 0.1) is 6.61 Å². The monoisotopic (exact) mass is 272 g/mol. The Morgan fingerprint density at radius 3 is 2.67 bits per heavy atom. The first-order chi connectivity index (χ1) is 8.52. The van der Waals surface area contributed by atoms with E-state index in [0.717, 1.165) is 4.88 Å². The fourth-order valence-corrected chi connectivity index (χ4v) is 2.23. The molecule has 7 heteroatoms. The molecular formula is C11H16N2O4S. The molecule has 4 N–H and O–H groups in total. The molecule has 0 saturated heterocycles. The Balaban J connectivity index is 2.37. The molecule has 18 heavy (non-hydrogen) atoms. The number of carboxylic acids is 1. The molecule has 0 fully saturated rings. The Kier molecular flexibility index (Phi) is 5.60. The van der Waals surface area contributed by atoms with Crippen LogP contribution in [0.4, 0.5) is 4.79 Å². The van der Waals surface area contributed by atoms with Crippen LogP contribution in [0.25, 0.3) is 0 Å². The van der Waals surface area contributed by atoms with Crippen molar-refractivity contribution in [2.45, 2.75) is 25.4 Å². The van der Waals surface area contributed by atoms with Gasteiger partial charge in [-0.15, -0.1) is 11.3 Å². The molecule has 0 spiro atoms. The lowest BCUT2D eigenvalue weighted by Crippen LogP contribution is -2.50. The van der Waals surface area contributed by atoms with Gasteiger partial charge in [0.2, 0.25) is 0 Å². The summed E-state index contributed by atoms with van der Waals surface area (Å²) in [6, 6.07) is 1.91. The van der Waals surface area contributed by atoms with E-state index in [9.17, 15) is 9.59 Å². The number of urea groups is 1. The lowest BCUT2D eigenvalue weighted by atomic mass is 10.2. The van der Waals surface area contributed by atoms with Crippen LogP contribution in [0.1, 0.15) is 11.8 Å². The van der Waals surface area contributed by atoms with Crippen molar-refractivity contribution in [3.63, 3.8) is 0 Å². The second-order valence-corrected chi connectivity index (χ2v) is 4.91. The van der Waals surface area contributed by atoms with Crippen molar-refractivity contribution in [2.24, 2.45) is 0 Å². The molecule has 0 saturated carbocycles. The van der Waals surface area contributed by atoms with Gasteiger partial charge in [0.15, 0.2) is 6.04 Å². The number of hydrogen-bond donors (Lipinski definition) is 4. The second-order valence-electron chi connectivity index (χ2n) is 3.88. The summed E-state index contributed by atoms with van der Waals surface area (Å²) < 4.78 is 0. The third-order valence-corrected chi connectivity index (χ3v) is 3.15. The van der Waals surface area contributed by atoms with Gasteiger partial charge in [0, 0.05) is 17.3 Å². The van der Waals surface area contributed by atoms with Crippen molar-refractivity contribution in [1.29, 1.82) is 0 Å². The first-order valence-corrected chi connectivity index (χ1v) is 6.34. The lowest BCUT2D eigenvalue weighted by molar-refractivity contribution is -0.140. The quantitative estimate of drug-likeness (QED) is 0.603. The fraction of sp³-hybridized carbons (Fsp3) is 0.455. The molecule has 100 valence electrons. The third-order valence-electron chi connectivity index (χ3n) is 2.25. The number of aliphatic hydroxyl groups is 1. The predicted octanol–water partition coefficient (Wildman–Crippen LogP) is 0.424. The first kappa shape index (κ1) is 14.5. The summed E-state index contributed by atoms with van der Waals surface area (Å²) in [5.41, 5.74) is 0. The zero-order valence-corrected chi connectivity index (χ0v) is 10.7. The minimum Gasteiger partial charge on any atom is -0.480 e. The largest absolute Gasteiger partial charge is 0.480 e. The van der Waals surface area contributed by atoms with Crippen molar-refractivity contribution in [1.82, 2.24) is 10.6 Å². The summed E-state index contributed by atoms with van der Waals surface area (Å²) >= 11 is 1.60. The molecule has 0 aromatic carbocycles. The van der Waals surface area contributed by atoms with Crippen LogP contribution in [0.3, 0.4) is 0 Å². The Morgan fingerprint density at radius 1 is 1.44 bits per heavy atom. The van der Waals surface area contributed by atoms with Crippen molar-refractivity contribution in [3.05, 3.63) is 22.4 Å². The first-order valence-electron chi connectivity index (χ1n) is 5.46. The van der Waals surface area contributed by atoms with E-state index in [1.54, 1.807) is 11.3 Å². The molecule has 0 radical (unpaired) electrons. The van der Waals surface area contributed by atoms with Crippen molar-refractivity contribution in [3.8, 4) is 0 Å². The van der Waals surface area contributed by atoms with Crippen molar-refractivity contribution >= 4 is 23.3 Å². The van der Waals surface area contributed by atoms with E-state index >= 15 is 0 Å². The van der Waals surface area contributed by atoms with Gasteiger partial charge in [-0.1, -0.05) is 6.07 Å².